The molecule has 1 aliphatic rings. The number of pyridine rings is 1. The molecule has 0 radical (unpaired) electrons. The van der Waals surface area contributed by atoms with Gasteiger partial charge in [0.1, 0.15) is 5.82 Å². The summed E-state index contributed by atoms with van der Waals surface area (Å²) in [6.07, 6.45) is -2.84. The van der Waals surface area contributed by atoms with Crippen molar-refractivity contribution >= 4 is 11.8 Å². The normalized spacial score (nSPS) is 19.0. The summed E-state index contributed by atoms with van der Waals surface area (Å²) in [5.74, 6) is -0.701. The number of ether oxygens (including phenoxy) is 1. The zero-order chi connectivity index (χ0) is 19.6. The monoisotopic (exact) mass is 384 g/mol. The summed E-state index contributed by atoms with van der Waals surface area (Å²) < 4.78 is 50.3. The summed E-state index contributed by atoms with van der Waals surface area (Å²) in [7, 11) is 0. The molecule has 0 spiro atoms. The second kappa shape index (κ2) is 7.53. The van der Waals surface area contributed by atoms with E-state index in [-0.39, 0.29) is 18.3 Å². The van der Waals surface area contributed by atoms with E-state index in [0.717, 1.165) is 6.07 Å². The van der Waals surface area contributed by atoms with Gasteiger partial charge in [-0.25, -0.2) is 4.98 Å². The smallest absolute Gasteiger partial charge is 0.419 e. The molecule has 0 aromatic carbocycles. The highest BCUT2D eigenvalue weighted by molar-refractivity contribution is 5.74. The Balaban J connectivity index is 1.70. The summed E-state index contributed by atoms with van der Waals surface area (Å²) in [6, 6.07) is 2.24. The number of aryl methyl sites for hydroxylation is 1. The van der Waals surface area contributed by atoms with E-state index in [0.29, 0.717) is 25.3 Å². The third kappa shape index (κ3) is 4.37. The van der Waals surface area contributed by atoms with Crippen LogP contribution in [0.25, 0.3) is 0 Å². The molecule has 1 fully saturated rings. The number of aromatic nitrogens is 3. The number of piperidine rings is 1. The average Bonchev–Trinajstić information content (AvgIpc) is 3.07. The number of hydrogen-bond donors (Lipinski definition) is 0. The Morgan fingerprint density at radius 1 is 1.41 bits per heavy atom. The first kappa shape index (κ1) is 19.1. The van der Waals surface area contributed by atoms with Crippen molar-refractivity contribution in [3.05, 3.63) is 35.7 Å². The number of anilines is 1. The van der Waals surface area contributed by atoms with E-state index in [1.165, 1.54) is 17.2 Å². The lowest BCUT2D eigenvalue weighted by Crippen LogP contribution is -2.41. The molecule has 0 N–H and O–H groups in total. The lowest BCUT2D eigenvalue weighted by Gasteiger charge is -2.34. The van der Waals surface area contributed by atoms with Gasteiger partial charge in [0.15, 0.2) is 6.10 Å². The minimum atomic E-state index is -4.51. The molecule has 0 bridgehead atoms. The van der Waals surface area contributed by atoms with E-state index in [1.54, 1.807) is 13.8 Å². The number of carbonyl (C=O) groups is 1. The molecular weight excluding hydrogens is 365 g/mol. The molecule has 2 aromatic heterocycles. The molecule has 0 saturated carbocycles. The Morgan fingerprint density at radius 3 is 2.85 bits per heavy atom. The standard InChI is InChI=1S/C17H19F3N4O3/c1-10(15-23-22-11(2)27-15)26-16(25)12-5-4-8-24(9-12)14-13(17(18,19)20)6-3-7-21-14/h3,6-7,10,12H,4-5,8-9H2,1-2H3. The molecule has 1 saturated heterocycles. The molecule has 2 atom stereocenters. The number of rotatable bonds is 4. The van der Waals surface area contributed by atoms with Gasteiger partial charge in [0.2, 0.25) is 5.89 Å². The fourth-order valence-corrected chi connectivity index (χ4v) is 3.03. The van der Waals surface area contributed by atoms with E-state index in [4.69, 9.17) is 9.15 Å². The van der Waals surface area contributed by atoms with Crippen molar-refractivity contribution < 1.29 is 27.1 Å². The highest BCUT2D eigenvalue weighted by atomic mass is 19.4. The third-order valence-corrected chi connectivity index (χ3v) is 4.33. The number of alkyl halides is 3. The summed E-state index contributed by atoms with van der Waals surface area (Å²) in [5.41, 5.74) is -0.811. The van der Waals surface area contributed by atoms with Crippen LogP contribution < -0.4 is 4.90 Å². The first-order chi connectivity index (χ1) is 12.8. The molecule has 0 aliphatic carbocycles. The Morgan fingerprint density at radius 2 is 2.19 bits per heavy atom. The van der Waals surface area contributed by atoms with Gasteiger partial charge in [-0.05, 0) is 31.9 Å². The van der Waals surface area contributed by atoms with Crippen LogP contribution in [0.1, 0.15) is 43.2 Å². The average molecular weight is 384 g/mol. The van der Waals surface area contributed by atoms with Gasteiger partial charge in [-0.3, -0.25) is 4.79 Å². The van der Waals surface area contributed by atoms with Crippen molar-refractivity contribution in [2.45, 2.75) is 39.0 Å². The van der Waals surface area contributed by atoms with Gasteiger partial charge < -0.3 is 14.1 Å². The fourth-order valence-electron chi connectivity index (χ4n) is 3.03. The molecule has 27 heavy (non-hydrogen) atoms. The van der Waals surface area contributed by atoms with E-state index in [1.807, 2.05) is 0 Å². The lowest BCUT2D eigenvalue weighted by molar-refractivity contribution is -0.155. The maximum atomic E-state index is 13.2. The Kier molecular flexibility index (Phi) is 5.33. The first-order valence-corrected chi connectivity index (χ1v) is 8.53. The second-order valence-electron chi connectivity index (χ2n) is 6.40. The number of hydrogen-bond acceptors (Lipinski definition) is 7. The van der Waals surface area contributed by atoms with Crippen LogP contribution >= 0.6 is 0 Å². The van der Waals surface area contributed by atoms with E-state index < -0.39 is 29.7 Å². The van der Waals surface area contributed by atoms with Crippen LogP contribution in [-0.4, -0.2) is 34.2 Å². The number of halogens is 3. The first-order valence-electron chi connectivity index (χ1n) is 8.53. The van der Waals surface area contributed by atoms with Crippen LogP contribution in [0.4, 0.5) is 19.0 Å². The fraction of sp³-hybridized carbons (Fsp3) is 0.529. The summed E-state index contributed by atoms with van der Waals surface area (Å²) in [4.78, 5) is 17.8. The quantitative estimate of drug-likeness (QED) is 0.748. The van der Waals surface area contributed by atoms with Crippen molar-refractivity contribution in [1.82, 2.24) is 15.2 Å². The van der Waals surface area contributed by atoms with Crippen molar-refractivity contribution in [3.8, 4) is 0 Å². The van der Waals surface area contributed by atoms with Gasteiger partial charge in [0, 0.05) is 26.2 Å². The molecule has 7 nitrogen and oxygen atoms in total. The molecule has 0 amide bonds. The zero-order valence-corrected chi connectivity index (χ0v) is 14.9. The minimum Gasteiger partial charge on any atom is -0.452 e. The molecule has 1 aliphatic heterocycles. The van der Waals surface area contributed by atoms with E-state index in [9.17, 15) is 18.0 Å². The molecular formula is C17H19F3N4O3. The van der Waals surface area contributed by atoms with Crippen LogP contribution in [0.3, 0.4) is 0 Å². The summed E-state index contributed by atoms with van der Waals surface area (Å²) >= 11 is 0. The summed E-state index contributed by atoms with van der Waals surface area (Å²) in [6.45, 7) is 3.72. The molecule has 2 aromatic rings. The molecule has 10 heteroatoms. The number of nitrogens with zero attached hydrogens (tertiary/aromatic N) is 4. The van der Waals surface area contributed by atoms with Gasteiger partial charge >= 0.3 is 12.1 Å². The third-order valence-electron chi connectivity index (χ3n) is 4.33. The molecule has 3 heterocycles. The largest absolute Gasteiger partial charge is 0.452 e. The van der Waals surface area contributed by atoms with Crippen molar-refractivity contribution in [2.75, 3.05) is 18.0 Å². The summed E-state index contributed by atoms with van der Waals surface area (Å²) in [5, 5.41) is 7.49. The predicted molar refractivity (Wildman–Crippen MR) is 87.7 cm³/mol. The SMILES string of the molecule is Cc1nnc(C(C)OC(=O)C2CCCN(c3ncccc3C(F)(F)F)C2)o1. The van der Waals surface area contributed by atoms with Gasteiger partial charge in [-0.1, -0.05) is 0 Å². The highest BCUT2D eigenvalue weighted by Crippen LogP contribution is 2.36. The Hall–Kier alpha value is -2.65. The van der Waals surface area contributed by atoms with Crippen LogP contribution in [0.5, 0.6) is 0 Å². The van der Waals surface area contributed by atoms with Gasteiger partial charge in [0.25, 0.3) is 5.89 Å². The number of carbonyl (C=O) groups excluding carboxylic acids is 1. The van der Waals surface area contributed by atoms with E-state index in [2.05, 4.69) is 15.2 Å². The van der Waals surface area contributed by atoms with E-state index >= 15 is 0 Å². The van der Waals surface area contributed by atoms with Crippen molar-refractivity contribution in [3.63, 3.8) is 0 Å². The van der Waals surface area contributed by atoms with Crippen LogP contribution in [-0.2, 0) is 15.7 Å². The van der Waals surface area contributed by atoms with Gasteiger partial charge in [0.05, 0.1) is 11.5 Å². The molecule has 2 unspecified atom stereocenters. The lowest BCUT2D eigenvalue weighted by atomic mass is 9.97. The predicted octanol–water partition coefficient (Wildman–Crippen LogP) is 3.31. The molecule has 3 rings (SSSR count). The minimum absolute atomic E-state index is 0.106. The molecule has 146 valence electrons. The topological polar surface area (TPSA) is 81.4 Å². The highest BCUT2D eigenvalue weighted by Gasteiger charge is 2.37. The van der Waals surface area contributed by atoms with Crippen LogP contribution in [0.2, 0.25) is 0 Å². The van der Waals surface area contributed by atoms with Crippen molar-refractivity contribution in [2.24, 2.45) is 5.92 Å². The van der Waals surface area contributed by atoms with Crippen molar-refractivity contribution in [1.29, 1.82) is 0 Å². The van der Waals surface area contributed by atoms with Gasteiger partial charge in [-0.2, -0.15) is 13.2 Å². The Labute approximate surface area is 153 Å². The zero-order valence-electron chi connectivity index (χ0n) is 14.9. The van der Waals surface area contributed by atoms with Gasteiger partial charge in [-0.15, -0.1) is 10.2 Å². The maximum Gasteiger partial charge on any atom is 0.419 e. The maximum absolute atomic E-state index is 13.2. The van der Waals surface area contributed by atoms with Crippen LogP contribution in [0, 0.1) is 12.8 Å². The number of esters is 1. The van der Waals surface area contributed by atoms with Crippen LogP contribution in [0.15, 0.2) is 22.7 Å². The second-order valence-corrected chi connectivity index (χ2v) is 6.40. The Bertz CT molecular complexity index is 809.